The molecule has 1 rings (SSSR count). The molecule has 1 N–H and O–H groups in total. The van der Waals surface area contributed by atoms with Crippen molar-refractivity contribution in [1.29, 1.82) is 0 Å². The Balaban J connectivity index is 0.000000424. The molecule has 0 radical (unpaired) electrons. The molecule has 0 aliphatic rings. The van der Waals surface area contributed by atoms with Crippen molar-refractivity contribution >= 4 is 6.47 Å². The minimum atomic E-state index is -0.250. The van der Waals surface area contributed by atoms with Gasteiger partial charge in [-0.2, -0.15) is 0 Å². The van der Waals surface area contributed by atoms with Crippen LogP contribution in [0.1, 0.15) is 30.9 Å². The Hall–Kier alpha value is -1.31. The summed E-state index contributed by atoms with van der Waals surface area (Å²) in [4.78, 5) is 8.36. The van der Waals surface area contributed by atoms with Gasteiger partial charge in [0.05, 0.1) is 0 Å². The number of aryl methyl sites for hydroxylation is 1. The van der Waals surface area contributed by atoms with E-state index in [1.807, 2.05) is 0 Å². The SMILES string of the molecule is Cc1cccc(C(C)C)c1.O=CO. The van der Waals surface area contributed by atoms with E-state index in [9.17, 15) is 0 Å². The topological polar surface area (TPSA) is 37.3 Å². The summed E-state index contributed by atoms with van der Waals surface area (Å²) in [6, 6.07) is 8.67. The van der Waals surface area contributed by atoms with Gasteiger partial charge in [-0.15, -0.1) is 0 Å². The highest BCUT2D eigenvalue weighted by Gasteiger charge is 1.96. The van der Waals surface area contributed by atoms with Gasteiger partial charge < -0.3 is 5.11 Å². The van der Waals surface area contributed by atoms with Crippen LogP contribution in [0.3, 0.4) is 0 Å². The average molecular weight is 180 g/mol. The van der Waals surface area contributed by atoms with Crippen LogP contribution in [-0.4, -0.2) is 11.6 Å². The molecule has 0 aromatic heterocycles. The molecular weight excluding hydrogens is 164 g/mol. The number of carboxylic acid groups (broad SMARTS) is 1. The Bertz CT molecular complexity index is 254. The molecule has 0 atom stereocenters. The van der Waals surface area contributed by atoms with Crippen molar-refractivity contribution in [2.75, 3.05) is 0 Å². The Labute approximate surface area is 79.2 Å². The Morgan fingerprint density at radius 2 is 1.92 bits per heavy atom. The monoisotopic (exact) mass is 180 g/mol. The fourth-order valence-corrected chi connectivity index (χ4v) is 1.03. The minimum absolute atomic E-state index is 0.250. The highest BCUT2D eigenvalue weighted by Crippen LogP contribution is 2.14. The lowest BCUT2D eigenvalue weighted by Crippen LogP contribution is -1.86. The molecule has 0 amide bonds. The summed E-state index contributed by atoms with van der Waals surface area (Å²) in [6.45, 7) is 6.31. The van der Waals surface area contributed by atoms with Gasteiger partial charge in [0.15, 0.2) is 0 Å². The van der Waals surface area contributed by atoms with Crippen molar-refractivity contribution in [3.8, 4) is 0 Å². The second-order valence-corrected chi connectivity index (χ2v) is 3.17. The summed E-state index contributed by atoms with van der Waals surface area (Å²) in [6.07, 6.45) is 0. The molecule has 0 bridgehead atoms. The van der Waals surface area contributed by atoms with Gasteiger partial charge in [0.1, 0.15) is 0 Å². The summed E-state index contributed by atoms with van der Waals surface area (Å²) >= 11 is 0. The molecular formula is C11H16O2. The van der Waals surface area contributed by atoms with E-state index in [0.717, 1.165) is 0 Å². The van der Waals surface area contributed by atoms with Gasteiger partial charge in [0, 0.05) is 0 Å². The molecule has 0 saturated heterocycles. The molecule has 0 heterocycles. The Morgan fingerprint density at radius 1 is 1.38 bits per heavy atom. The zero-order chi connectivity index (χ0) is 10.3. The molecule has 0 aliphatic heterocycles. The molecule has 0 unspecified atom stereocenters. The third kappa shape index (κ3) is 5.01. The first-order chi connectivity index (χ1) is 6.11. The number of hydrogen-bond acceptors (Lipinski definition) is 1. The van der Waals surface area contributed by atoms with Crippen molar-refractivity contribution in [2.45, 2.75) is 26.7 Å². The van der Waals surface area contributed by atoms with Crippen molar-refractivity contribution in [3.63, 3.8) is 0 Å². The zero-order valence-electron chi connectivity index (χ0n) is 8.32. The van der Waals surface area contributed by atoms with Crippen LogP contribution < -0.4 is 0 Å². The third-order valence-electron chi connectivity index (χ3n) is 1.71. The van der Waals surface area contributed by atoms with E-state index in [0.29, 0.717) is 5.92 Å². The van der Waals surface area contributed by atoms with Gasteiger partial charge in [-0.25, -0.2) is 0 Å². The van der Waals surface area contributed by atoms with E-state index >= 15 is 0 Å². The van der Waals surface area contributed by atoms with Gasteiger partial charge in [-0.05, 0) is 18.4 Å². The lowest BCUT2D eigenvalue weighted by atomic mass is 10.0. The second-order valence-electron chi connectivity index (χ2n) is 3.17. The zero-order valence-corrected chi connectivity index (χ0v) is 8.32. The van der Waals surface area contributed by atoms with Crippen LogP contribution in [0.2, 0.25) is 0 Å². The molecule has 0 fully saturated rings. The maximum Gasteiger partial charge on any atom is 0.290 e. The van der Waals surface area contributed by atoms with E-state index in [-0.39, 0.29) is 6.47 Å². The smallest absolute Gasteiger partial charge is 0.290 e. The van der Waals surface area contributed by atoms with E-state index < -0.39 is 0 Å². The van der Waals surface area contributed by atoms with Gasteiger partial charge in [0.25, 0.3) is 6.47 Å². The van der Waals surface area contributed by atoms with Crippen molar-refractivity contribution < 1.29 is 9.90 Å². The van der Waals surface area contributed by atoms with E-state index in [4.69, 9.17) is 9.90 Å². The molecule has 72 valence electrons. The van der Waals surface area contributed by atoms with Crippen LogP contribution in [0.5, 0.6) is 0 Å². The first kappa shape index (κ1) is 11.7. The van der Waals surface area contributed by atoms with Gasteiger partial charge >= 0.3 is 0 Å². The van der Waals surface area contributed by atoms with Crippen LogP contribution in [0, 0.1) is 6.92 Å². The minimum Gasteiger partial charge on any atom is -0.483 e. The molecule has 0 spiro atoms. The fraction of sp³-hybridized carbons (Fsp3) is 0.364. The van der Waals surface area contributed by atoms with Gasteiger partial charge in [0.2, 0.25) is 0 Å². The predicted molar refractivity (Wildman–Crippen MR) is 54.0 cm³/mol. The summed E-state index contributed by atoms with van der Waals surface area (Å²) in [5.74, 6) is 0.653. The van der Waals surface area contributed by atoms with Crippen LogP contribution in [0.15, 0.2) is 24.3 Å². The van der Waals surface area contributed by atoms with Crippen LogP contribution >= 0.6 is 0 Å². The molecule has 0 aliphatic carbocycles. The van der Waals surface area contributed by atoms with E-state index in [1.54, 1.807) is 0 Å². The number of rotatable bonds is 1. The van der Waals surface area contributed by atoms with Crippen molar-refractivity contribution in [3.05, 3.63) is 35.4 Å². The van der Waals surface area contributed by atoms with Crippen LogP contribution in [0.25, 0.3) is 0 Å². The number of benzene rings is 1. The molecule has 13 heavy (non-hydrogen) atoms. The number of hydrogen-bond donors (Lipinski definition) is 1. The standard InChI is InChI=1S/C10H14.CH2O2/c1-8(2)10-6-4-5-9(3)7-10;2-1-3/h4-8H,1-3H3;1H,(H,2,3). The first-order valence-corrected chi connectivity index (χ1v) is 4.26. The maximum absolute atomic E-state index is 8.36. The third-order valence-corrected chi connectivity index (χ3v) is 1.71. The summed E-state index contributed by atoms with van der Waals surface area (Å²) in [5, 5.41) is 6.89. The quantitative estimate of drug-likeness (QED) is 0.675. The van der Waals surface area contributed by atoms with Gasteiger partial charge in [-0.1, -0.05) is 43.7 Å². The highest BCUT2D eigenvalue weighted by molar-refractivity contribution is 5.32. The first-order valence-electron chi connectivity index (χ1n) is 4.26. The van der Waals surface area contributed by atoms with E-state index in [2.05, 4.69) is 45.0 Å². The van der Waals surface area contributed by atoms with E-state index in [1.165, 1.54) is 11.1 Å². The molecule has 2 nitrogen and oxygen atoms in total. The van der Waals surface area contributed by atoms with Crippen molar-refractivity contribution in [1.82, 2.24) is 0 Å². The fourth-order valence-electron chi connectivity index (χ4n) is 1.03. The molecule has 1 aromatic carbocycles. The lowest BCUT2D eigenvalue weighted by Gasteiger charge is -2.04. The van der Waals surface area contributed by atoms with Crippen LogP contribution in [-0.2, 0) is 4.79 Å². The maximum atomic E-state index is 8.36. The Kier molecular flexibility index (Phi) is 5.60. The normalized spacial score (nSPS) is 8.92. The summed E-state index contributed by atoms with van der Waals surface area (Å²) < 4.78 is 0. The Morgan fingerprint density at radius 3 is 2.23 bits per heavy atom. The predicted octanol–water partition coefficient (Wildman–Crippen LogP) is 2.82. The van der Waals surface area contributed by atoms with Crippen LogP contribution in [0.4, 0.5) is 0 Å². The second kappa shape index (κ2) is 6.23. The summed E-state index contributed by atoms with van der Waals surface area (Å²) in [5.41, 5.74) is 2.78. The lowest BCUT2D eigenvalue weighted by molar-refractivity contribution is -0.122. The van der Waals surface area contributed by atoms with Gasteiger partial charge in [-0.3, -0.25) is 4.79 Å². The number of carbonyl (C=O) groups is 1. The summed E-state index contributed by atoms with van der Waals surface area (Å²) in [7, 11) is 0. The molecule has 0 saturated carbocycles. The highest BCUT2D eigenvalue weighted by atomic mass is 16.3. The van der Waals surface area contributed by atoms with Crippen molar-refractivity contribution in [2.24, 2.45) is 0 Å². The average Bonchev–Trinajstić information content (AvgIpc) is 2.05. The molecule has 1 aromatic rings. The largest absolute Gasteiger partial charge is 0.483 e. The molecule has 2 heteroatoms.